The SMILES string of the molecule is C[C@H](c1ccccc1)n1c(N)c(C#N)c2ccccc21. The molecule has 0 aliphatic rings. The van der Waals surface area contributed by atoms with Crippen LogP contribution in [0, 0.1) is 11.3 Å². The maximum Gasteiger partial charge on any atom is 0.123 e. The molecule has 0 aliphatic carbocycles. The molecule has 2 N–H and O–H groups in total. The number of nitrogens with zero attached hydrogens (tertiary/aromatic N) is 2. The first-order valence-corrected chi connectivity index (χ1v) is 6.57. The third-order valence-corrected chi connectivity index (χ3v) is 3.73. The molecule has 0 radical (unpaired) electrons. The summed E-state index contributed by atoms with van der Waals surface area (Å²) in [6, 6.07) is 20.3. The van der Waals surface area contributed by atoms with Crippen molar-refractivity contribution in [1.82, 2.24) is 4.57 Å². The number of nitriles is 1. The Bertz CT molecular complexity index is 794. The molecule has 0 amide bonds. The molecule has 98 valence electrons. The van der Waals surface area contributed by atoms with Gasteiger partial charge in [-0.1, -0.05) is 48.5 Å². The number of fused-ring (bicyclic) bond motifs is 1. The smallest absolute Gasteiger partial charge is 0.123 e. The van der Waals surface area contributed by atoms with E-state index in [1.54, 1.807) is 0 Å². The topological polar surface area (TPSA) is 54.7 Å². The van der Waals surface area contributed by atoms with Gasteiger partial charge >= 0.3 is 0 Å². The van der Waals surface area contributed by atoms with Crippen molar-refractivity contribution in [2.45, 2.75) is 13.0 Å². The summed E-state index contributed by atoms with van der Waals surface area (Å²) < 4.78 is 2.03. The minimum Gasteiger partial charge on any atom is -0.384 e. The van der Waals surface area contributed by atoms with Crippen molar-refractivity contribution in [1.29, 1.82) is 5.26 Å². The van der Waals surface area contributed by atoms with Crippen molar-refractivity contribution < 1.29 is 0 Å². The fourth-order valence-corrected chi connectivity index (χ4v) is 2.70. The van der Waals surface area contributed by atoms with Crippen molar-refractivity contribution >= 4 is 16.7 Å². The first-order chi connectivity index (χ1) is 9.74. The molecule has 0 spiro atoms. The van der Waals surface area contributed by atoms with E-state index < -0.39 is 0 Å². The number of hydrogen-bond donors (Lipinski definition) is 1. The van der Waals surface area contributed by atoms with Crippen molar-refractivity contribution in [3.63, 3.8) is 0 Å². The molecule has 20 heavy (non-hydrogen) atoms. The zero-order valence-corrected chi connectivity index (χ0v) is 11.2. The lowest BCUT2D eigenvalue weighted by atomic mass is 10.1. The standard InChI is InChI=1S/C17H15N3/c1-12(13-7-3-2-4-8-13)20-16-10-6-5-9-14(16)15(11-18)17(20)19/h2-10,12H,19H2,1H3/t12-/m1/s1. The van der Waals surface area contributed by atoms with Crippen LogP contribution in [-0.4, -0.2) is 4.57 Å². The van der Waals surface area contributed by atoms with Crippen molar-refractivity contribution in [3.05, 3.63) is 65.7 Å². The largest absolute Gasteiger partial charge is 0.384 e. The van der Waals surface area contributed by atoms with Gasteiger partial charge in [-0.2, -0.15) is 5.26 Å². The van der Waals surface area contributed by atoms with Gasteiger partial charge < -0.3 is 10.3 Å². The number of para-hydroxylation sites is 1. The van der Waals surface area contributed by atoms with Gasteiger partial charge in [0, 0.05) is 5.39 Å². The lowest BCUT2D eigenvalue weighted by Gasteiger charge is -2.17. The molecule has 0 fully saturated rings. The highest BCUT2D eigenvalue weighted by Gasteiger charge is 2.18. The fraction of sp³-hybridized carbons (Fsp3) is 0.118. The van der Waals surface area contributed by atoms with E-state index in [1.165, 1.54) is 5.56 Å². The van der Waals surface area contributed by atoms with Crippen LogP contribution in [-0.2, 0) is 0 Å². The quantitative estimate of drug-likeness (QED) is 0.764. The second-order valence-electron chi connectivity index (χ2n) is 4.85. The van der Waals surface area contributed by atoms with E-state index in [0.29, 0.717) is 11.4 Å². The minimum absolute atomic E-state index is 0.0863. The Hall–Kier alpha value is -2.73. The summed E-state index contributed by atoms with van der Waals surface area (Å²) in [6.45, 7) is 2.10. The van der Waals surface area contributed by atoms with E-state index in [1.807, 2.05) is 47.0 Å². The van der Waals surface area contributed by atoms with E-state index >= 15 is 0 Å². The summed E-state index contributed by atoms with van der Waals surface area (Å²) in [5.41, 5.74) is 8.93. The van der Waals surface area contributed by atoms with Crippen molar-refractivity contribution in [2.24, 2.45) is 0 Å². The minimum atomic E-state index is 0.0863. The van der Waals surface area contributed by atoms with Crippen molar-refractivity contribution in [3.8, 4) is 6.07 Å². The first-order valence-electron chi connectivity index (χ1n) is 6.57. The van der Waals surface area contributed by atoms with Gasteiger partial charge in [0.25, 0.3) is 0 Å². The van der Waals surface area contributed by atoms with Gasteiger partial charge in [0.1, 0.15) is 17.5 Å². The van der Waals surface area contributed by atoms with E-state index in [9.17, 15) is 5.26 Å². The fourth-order valence-electron chi connectivity index (χ4n) is 2.70. The van der Waals surface area contributed by atoms with Crippen LogP contribution in [0.4, 0.5) is 5.82 Å². The van der Waals surface area contributed by atoms with E-state index in [4.69, 9.17) is 5.73 Å². The predicted octanol–water partition coefficient (Wildman–Crippen LogP) is 3.70. The van der Waals surface area contributed by atoms with Crippen LogP contribution >= 0.6 is 0 Å². The second kappa shape index (κ2) is 4.75. The maximum atomic E-state index is 9.34. The lowest BCUT2D eigenvalue weighted by molar-refractivity contribution is 0.672. The number of nitrogens with two attached hydrogens (primary N) is 1. The molecular weight excluding hydrogens is 246 g/mol. The molecule has 2 aromatic carbocycles. The van der Waals surface area contributed by atoms with Crippen LogP contribution < -0.4 is 5.73 Å². The summed E-state index contributed by atoms with van der Waals surface area (Å²) >= 11 is 0. The molecule has 1 atom stereocenters. The highest BCUT2D eigenvalue weighted by molar-refractivity contribution is 5.92. The molecule has 0 saturated heterocycles. The van der Waals surface area contributed by atoms with Crippen LogP contribution in [0.5, 0.6) is 0 Å². The molecule has 3 heteroatoms. The first kappa shape index (κ1) is 12.3. The average molecular weight is 261 g/mol. The molecule has 1 heterocycles. The van der Waals surface area contributed by atoms with Gasteiger partial charge in [-0.25, -0.2) is 0 Å². The van der Waals surface area contributed by atoms with Gasteiger partial charge in [-0.05, 0) is 18.6 Å². The Balaban J connectivity index is 2.27. The van der Waals surface area contributed by atoms with E-state index in [2.05, 4.69) is 25.1 Å². The van der Waals surface area contributed by atoms with E-state index in [-0.39, 0.29) is 6.04 Å². The van der Waals surface area contributed by atoms with Crippen molar-refractivity contribution in [2.75, 3.05) is 5.73 Å². The third kappa shape index (κ3) is 1.74. The summed E-state index contributed by atoms with van der Waals surface area (Å²) in [6.07, 6.45) is 0. The lowest BCUT2D eigenvalue weighted by Crippen LogP contribution is -2.10. The Morgan fingerprint density at radius 2 is 1.70 bits per heavy atom. The summed E-state index contributed by atoms with van der Waals surface area (Å²) in [4.78, 5) is 0. The molecular formula is C17H15N3. The molecule has 3 aromatic rings. The zero-order chi connectivity index (χ0) is 14.1. The maximum absolute atomic E-state index is 9.34. The zero-order valence-electron chi connectivity index (χ0n) is 11.2. The van der Waals surface area contributed by atoms with Crippen LogP contribution in [0.2, 0.25) is 0 Å². The number of rotatable bonds is 2. The van der Waals surface area contributed by atoms with Crippen LogP contribution in [0.15, 0.2) is 54.6 Å². The van der Waals surface area contributed by atoms with Crippen LogP contribution in [0.1, 0.15) is 24.1 Å². The monoisotopic (exact) mass is 261 g/mol. The molecule has 0 bridgehead atoms. The Kier molecular flexibility index (Phi) is 2.92. The summed E-state index contributed by atoms with van der Waals surface area (Å²) in [5.74, 6) is 0.532. The number of hydrogen-bond acceptors (Lipinski definition) is 2. The normalized spacial score (nSPS) is 12.2. The van der Waals surface area contributed by atoms with Crippen LogP contribution in [0.25, 0.3) is 10.9 Å². The number of anilines is 1. The highest BCUT2D eigenvalue weighted by atomic mass is 15.1. The Morgan fingerprint density at radius 3 is 2.40 bits per heavy atom. The molecule has 1 aromatic heterocycles. The number of benzene rings is 2. The predicted molar refractivity (Wildman–Crippen MR) is 81.3 cm³/mol. The van der Waals surface area contributed by atoms with Gasteiger partial charge in [0.15, 0.2) is 0 Å². The number of aromatic nitrogens is 1. The molecule has 0 saturated carbocycles. The van der Waals surface area contributed by atoms with Crippen LogP contribution in [0.3, 0.4) is 0 Å². The number of nitrogen functional groups attached to an aromatic ring is 1. The summed E-state index contributed by atoms with van der Waals surface area (Å²) in [5, 5.41) is 10.3. The Labute approximate surface area is 117 Å². The van der Waals surface area contributed by atoms with E-state index in [0.717, 1.165) is 10.9 Å². The molecule has 3 nitrogen and oxygen atoms in total. The Morgan fingerprint density at radius 1 is 1.05 bits per heavy atom. The molecule has 3 rings (SSSR count). The van der Waals surface area contributed by atoms with Gasteiger partial charge in [0.05, 0.1) is 11.6 Å². The highest BCUT2D eigenvalue weighted by Crippen LogP contribution is 2.33. The molecule has 0 aliphatic heterocycles. The average Bonchev–Trinajstić information content (AvgIpc) is 2.79. The molecule has 0 unspecified atom stereocenters. The third-order valence-electron chi connectivity index (χ3n) is 3.73. The van der Waals surface area contributed by atoms with Gasteiger partial charge in [0.2, 0.25) is 0 Å². The van der Waals surface area contributed by atoms with Gasteiger partial charge in [-0.3, -0.25) is 0 Å². The second-order valence-corrected chi connectivity index (χ2v) is 4.85. The van der Waals surface area contributed by atoms with Gasteiger partial charge in [-0.15, -0.1) is 0 Å². The summed E-state index contributed by atoms with van der Waals surface area (Å²) in [7, 11) is 0.